The third-order valence-electron chi connectivity index (χ3n) is 5.15. The Hall–Kier alpha value is -0.870. The number of sulfone groups is 1. The Labute approximate surface area is 121 Å². The van der Waals surface area contributed by atoms with Crippen LogP contribution in [-0.2, 0) is 15.3 Å². The fourth-order valence-electron chi connectivity index (χ4n) is 3.84. The van der Waals surface area contributed by atoms with Crippen molar-refractivity contribution in [1.82, 2.24) is 0 Å². The summed E-state index contributed by atoms with van der Waals surface area (Å²) in [6.45, 7) is 0.694. The van der Waals surface area contributed by atoms with E-state index in [0.717, 1.165) is 19.3 Å². The van der Waals surface area contributed by atoms with E-state index < -0.39 is 9.84 Å². The molecule has 1 aliphatic carbocycles. The van der Waals surface area contributed by atoms with E-state index in [1.807, 2.05) is 0 Å². The van der Waals surface area contributed by atoms with Crippen molar-refractivity contribution in [1.29, 1.82) is 0 Å². The highest BCUT2D eigenvalue weighted by Gasteiger charge is 2.35. The van der Waals surface area contributed by atoms with Crippen molar-refractivity contribution in [3.63, 3.8) is 0 Å². The van der Waals surface area contributed by atoms with Crippen LogP contribution in [0.5, 0.6) is 0 Å². The van der Waals surface area contributed by atoms with Crippen LogP contribution in [0.15, 0.2) is 24.3 Å². The maximum Gasteiger partial charge on any atom is 0.150 e. The van der Waals surface area contributed by atoms with Gasteiger partial charge in [-0.3, -0.25) is 0 Å². The molecule has 4 heteroatoms. The molecule has 1 atom stereocenters. The van der Waals surface area contributed by atoms with Gasteiger partial charge in [0, 0.05) is 12.0 Å². The fraction of sp³-hybridized carbons (Fsp3) is 0.625. The third kappa shape index (κ3) is 2.51. The van der Waals surface area contributed by atoms with E-state index in [0.29, 0.717) is 18.1 Å². The molecule has 110 valence electrons. The van der Waals surface area contributed by atoms with Crippen LogP contribution in [0.4, 0.5) is 0 Å². The van der Waals surface area contributed by atoms with Gasteiger partial charge in [0.05, 0.1) is 11.5 Å². The summed E-state index contributed by atoms with van der Waals surface area (Å²) in [4.78, 5) is 0. The number of benzene rings is 1. The molecular formula is C16H23NO2S. The zero-order chi connectivity index (χ0) is 14.2. The van der Waals surface area contributed by atoms with E-state index >= 15 is 0 Å². The van der Waals surface area contributed by atoms with Crippen molar-refractivity contribution in [3.8, 4) is 0 Å². The van der Waals surface area contributed by atoms with Crippen molar-refractivity contribution in [2.24, 2.45) is 5.73 Å². The Bertz CT molecular complexity index is 588. The summed E-state index contributed by atoms with van der Waals surface area (Å²) in [5.41, 5.74) is 8.69. The largest absolute Gasteiger partial charge is 0.330 e. The van der Waals surface area contributed by atoms with Crippen LogP contribution < -0.4 is 5.73 Å². The first-order chi connectivity index (χ1) is 9.55. The molecule has 2 N–H and O–H groups in total. The van der Waals surface area contributed by atoms with Gasteiger partial charge >= 0.3 is 0 Å². The molecule has 1 saturated carbocycles. The summed E-state index contributed by atoms with van der Waals surface area (Å²) in [6.07, 6.45) is 5.59. The SMILES string of the molecule is NCC1(c2cccc(C3CCS(=O)(=O)C3)c2)CCCC1. The molecule has 2 aliphatic rings. The first-order valence-electron chi connectivity index (χ1n) is 7.56. The molecule has 1 aromatic carbocycles. The molecule has 0 spiro atoms. The van der Waals surface area contributed by atoms with Crippen LogP contribution in [0, 0.1) is 0 Å². The second-order valence-corrected chi connectivity index (χ2v) is 8.65. The van der Waals surface area contributed by atoms with Crippen LogP contribution in [-0.4, -0.2) is 26.5 Å². The van der Waals surface area contributed by atoms with Crippen LogP contribution in [0.25, 0.3) is 0 Å². The molecule has 2 fully saturated rings. The number of rotatable bonds is 3. The number of nitrogens with two attached hydrogens (primary N) is 1. The lowest BCUT2D eigenvalue weighted by molar-refractivity contribution is 0.452. The molecule has 3 rings (SSSR count). The first-order valence-corrected chi connectivity index (χ1v) is 9.38. The van der Waals surface area contributed by atoms with Crippen molar-refractivity contribution in [3.05, 3.63) is 35.4 Å². The van der Waals surface area contributed by atoms with Crippen LogP contribution in [0.2, 0.25) is 0 Å². The van der Waals surface area contributed by atoms with Gasteiger partial charge in [-0.15, -0.1) is 0 Å². The van der Waals surface area contributed by atoms with E-state index in [-0.39, 0.29) is 11.3 Å². The minimum Gasteiger partial charge on any atom is -0.330 e. The van der Waals surface area contributed by atoms with E-state index in [2.05, 4.69) is 24.3 Å². The molecule has 20 heavy (non-hydrogen) atoms. The smallest absolute Gasteiger partial charge is 0.150 e. The molecule has 1 aliphatic heterocycles. The van der Waals surface area contributed by atoms with Crippen LogP contribution >= 0.6 is 0 Å². The van der Waals surface area contributed by atoms with Gasteiger partial charge in [-0.1, -0.05) is 37.1 Å². The van der Waals surface area contributed by atoms with E-state index in [9.17, 15) is 8.42 Å². The third-order valence-corrected chi connectivity index (χ3v) is 6.92. The average molecular weight is 293 g/mol. The Morgan fingerprint density at radius 1 is 1.25 bits per heavy atom. The topological polar surface area (TPSA) is 60.2 Å². The lowest BCUT2D eigenvalue weighted by atomic mass is 9.77. The molecule has 0 aromatic heterocycles. The van der Waals surface area contributed by atoms with Crippen molar-refractivity contribution >= 4 is 9.84 Å². The zero-order valence-corrected chi connectivity index (χ0v) is 12.7. The predicted molar refractivity (Wildman–Crippen MR) is 81.7 cm³/mol. The molecule has 1 heterocycles. The van der Waals surface area contributed by atoms with Crippen molar-refractivity contribution < 1.29 is 8.42 Å². The Balaban J connectivity index is 1.90. The summed E-state index contributed by atoms with van der Waals surface area (Å²) in [5, 5.41) is 0. The van der Waals surface area contributed by atoms with Gasteiger partial charge in [-0.05, 0) is 36.3 Å². The Kier molecular flexibility index (Phi) is 3.63. The molecular weight excluding hydrogens is 270 g/mol. The fourth-order valence-corrected chi connectivity index (χ4v) is 5.63. The van der Waals surface area contributed by atoms with Gasteiger partial charge in [-0.25, -0.2) is 8.42 Å². The van der Waals surface area contributed by atoms with Gasteiger partial charge in [0.15, 0.2) is 9.84 Å². The Morgan fingerprint density at radius 2 is 2.00 bits per heavy atom. The van der Waals surface area contributed by atoms with Gasteiger partial charge in [0.2, 0.25) is 0 Å². The number of hydrogen-bond acceptors (Lipinski definition) is 3. The van der Waals surface area contributed by atoms with Gasteiger partial charge < -0.3 is 5.73 Å². The summed E-state index contributed by atoms with van der Waals surface area (Å²) < 4.78 is 23.3. The first kappa shape index (κ1) is 14.1. The summed E-state index contributed by atoms with van der Waals surface area (Å²) in [6, 6.07) is 8.55. The van der Waals surface area contributed by atoms with Gasteiger partial charge in [0.25, 0.3) is 0 Å². The monoisotopic (exact) mass is 293 g/mol. The second-order valence-electron chi connectivity index (χ2n) is 6.42. The molecule has 1 aromatic rings. The molecule has 3 nitrogen and oxygen atoms in total. The molecule has 1 saturated heterocycles. The van der Waals surface area contributed by atoms with Gasteiger partial charge in [0.1, 0.15) is 0 Å². The number of hydrogen-bond donors (Lipinski definition) is 1. The maximum atomic E-state index is 11.7. The average Bonchev–Trinajstić information content (AvgIpc) is 3.06. The highest BCUT2D eigenvalue weighted by Crippen LogP contribution is 2.41. The summed E-state index contributed by atoms with van der Waals surface area (Å²) in [5.74, 6) is 0.826. The lowest BCUT2D eigenvalue weighted by Crippen LogP contribution is -2.32. The quantitative estimate of drug-likeness (QED) is 0.930. The van der Waals surface area contributed by atoms with E-state index in [1.165, 1.54) is 24.0 Å². The van der Waals surface area contributed by atoms with E-state index in [1.54, 1.807) is 0 Å². The normalized spacial score (nSPS) is 27.8. The molecule has 1 unspecified atom stereocenters. The lowest BCUT2D eigenvalue weighted by Gasteiger charge is -2.28. The molecule has 0 bridgehead atoms. The second kappa shape index (κ2) is 5.15. The minimum absolute atomic E-state index is 0.132. The summed E-state index contributed by atoms with van der Waals surface area (Å²) in [7, 11) is -2.82. The van der Waals surface area contributed by atoms with Crippen LogP contribution in [0.3, 0.4) is 0 Å². The highest BCUT2D eigenvalue weighted by molar-refractivity contribution is 7.91. The highest BCUT2D eigenvalue weighted by atomic mass is 32.2. The Morgan fingerprint density at radius 3 is 2.60 bits per heavy atom. The minimum atomic E-state index is -2.82. The van der Waals surface area contributed by atoms with Crippen LogP contribution in [0.1, 0.15) is 49.1 Å². The zero-order valence-electron chi connectivity index (χ0n) is 11.8. The summed E-state index contributed by atoms with van der Waals surface area (Å²) >= 11 is 0. The van der Waals surface area contributed by atoms with E-state index in [4.69, 9.17) is 5.73 Å². The molecule has 0 radical (unpaired) electrons. The predicted octanol–water partition coefficient (Wildman–Crippen LogP) is 2.36. The standard InChI is InChI=1S/C16H23NO2S/c17-12-16(7-1-2-8-16)15-5-3-4-13(10-15)14-6-9-20(18,19)11-14/h3-5,10,14H,1-2,6-9,11-12,17H2. The molecule has 0 amide bonds. The van der Waals surface area contributed by atoms with Gasteiger partial charge in [-0.2, -0.15) is 0 Å². The maximum absolute atomic E-state index is 11.7. The van der Waals surface area contributed by atoms with Crippen molar-refractivity contribution in [2.45, 2.75) is 43.4 Å². The van der Waals surface area contributed by atoms with Crippen molar-refractivity contribution in [2.75, 3.05) is 18.1 Å².